The number of hydrogen-bond donors (Lipinski definition) is 3. The highest BCUT2D eigenvalue weighted by Gasteiger charge is 2.23. The van der Waals surface area contributed by atoms with Crippen molar-refractivity contribution in [1.82, 2.24) is 15.6 Å². The lowest BCUT2D eigenvalue weighted by atomic mass is 10.2. The zero-order valence-electron chi connectivity index (χ0n) is 10.8. The van der Waals surface area contributed by atoms with Gasteiger partial charge in [0.15, 0.2) is 5.76 Å². The van der Waals surface area contributed by atoms with Gasteiger partial charge >= 0.3 is 5.91 Å². The van der Waals surface area contributed by atoms with Gasteiger partial charge in [-0.15, -0.1) is 0 Å². The number of nitrogen functional groups attached to an aromatic ring is 1. The number of nitrogens with zero attached hydrogens (tertiary/aromatic N) is 1. The molecule has 104 valence electrons. The number of nitrogens with two attached hydrogens (primary N) is 1. The average molecular weight is 266 g/mol. The third-order valence-corrected chi connectivity index (χ3v) is 3.08. The summed E-state index contributed by atoms with van der Waals surface area (Å²) in [5.74, 6) is 5.50. The first kappa shape index (κ1) is 13.6. The lowest BCUT2D eigenvalue weighted by Crippen LogP contribution is -2.35. The van der Waals surface area contributed by atoms with Gasteiger partial charge in [-0.05, 0) is 18.6 Å². The summed E-state index contributed by atoms with van der Waals surface area (Å²) in [7, 11) is 0. The minimum Gasteiger partial charge on any atom is -0.455 e. The molecule has 1 aliphatic rings. The summed E-state index contributed by atoms with van der Waals surface area (Å²) in [5, 5.41) is 2.90. The number of hydrogen-bond acceptors (Lipinski definition) is 5. The fourth-order valence-corrected chi connectivity index (χ4v) is 2.26. The molecule has 2 amide bonds. The number of amides is 2. The van der Waals surface area contributed by atoms with E-state index in [1.165, 1.54) is 6.92 Å². The van der Waals surface area contributed by atoms with Gasteiger partial charge in [-0.1, -0.05) is 0 Å². The van der Waals surface area contributed by atoms with E-state index in [4.69, 9.17) is 10.3 Å². The highest BCUT2D eigenvalue weighted by Crippen LogP contribution is 2.15. The Morgan fingerprint density at radius 3 is 3.00 bits per heavy atom. The van der Waals surface area contributed by atoms with Gasteiger partial charge in [0.1, 0.15) is 5.76 Å². The molecule has 0 saturated carbocycles. The fourth-order valence-electron chi connectivity index (χ4n) is 2.26. The van der Waals surface area contributed by atoms with E-state index >= 15 is 0 Å². The van der Waals surface area contributed by atoms with E-state index in [0.29, 0.717) is 12.3 Å². The predicted molar refractivity (Wildman–Crippen MR) is 67.9 cm³/mol. The summed E-state index contributed by atoms with van der Waals surface area (Å²) in [6.07, 6.45) is 0.927. The van der Waals surface area contributed by atoms with Crippen LogP contribution in [0.4, 0.5) is 0 Å². The topological polar surface area (TPSA) is 101 Å². The third kappa shape index (κ3) is 3.55. The van der Waals surface area contributed by atoms with Crippen molar-refractivity contribution in [2.24, 2.45) is 5.84 Å². The van der Waals surface area contributed by atoms with Crippen LogP contribution in [0.1, 0.15) is 29.7 Å². The van der Waals surface area contributed by atoms with Gasteiger partial charge in [0, 0.05) is 26.1 Å². The first-order valence-electron chi connectivity index (χ1n) is 6.17. The summed E-state index contributed by atoms with van der Waals surface area (Å²) >= 11 is 0. The van der Waals surface area contributed by atoms with Gasteiger partial charge < -0.3 is 9.73 Å². The normalized spacial score (nSPS) is 19.4. The molecule has 4 N–H and O–H groups in total. The Kier molecular flexibility index (Phi) is 4.18. The molecule has 1 atom stereocenters. The molecule has 0 spiro atoms. The van der Waals surface area contributed by atoms with Gasteiger partial charge in [0.2, 0.25) is 5.91 Å². The summed E-state index contributed by atoms with van der Waals surface area (Å²) in [6, 6.07) is 3.55. The second-order valence-electron chi connectivity index (χ2n) is 4.66. The molecule has 1 aliphatic heterocycles. The van der Waals surface area contributed by atoms with Crippen molar-refractivity contribution in [1.29, 1.82) is 0 Å². The predicted octanol–water partition coefficient (Wildman–Crippen LogP) is -0.406. The number of nitrogens with one attached hydrogen (secondary N) is 2. The standard InChI is InChI=1S/C12H18N4O3/c1-8(17)14-9-4-5-16(6-9)7-10-2-3-11(19-10)12(18)15-13/h2-3,9H,4-7,13H2,1H3,(H,14,17)(H,15,18). The summed E-state index contributed by atoms with van der Waals surface area (Å²) in [5.41, 5.74) is 2.02. The molecule has 1 saturated heterocycles. The highest BCUT2D eigenvalue weighted by atomic mass is 16.4. The van der Waals surface area contributed by atoms with Crippen LogP contribution in [0.15, 0.2) is 16.5 Å². The Balaban J connectivity index is 1.87. The third-order valence-electron chi connectivity index (χ3n) is 3.08. The molecule has 0 radical (unpaired) electrons. The molecule has 7 heteroatoms. The summed E-state index contributed by atoms with van der Waals surface area (Å²) in [4.78, 5) is 24.4. The van der Waals surface area contributed by atoms with E-state index in [2.05, 4.69) is 10.2 Å². The lowest BCUT2D eigenvalue weighted by Gasteiger charge is -2.14. The second-order valence-corrected chi connectivity index (χ2v) is 4.66. The molecule has 2 rings (SSSR count). The van der Waals surface area contributed by atoms with E-state index in [1.807, 2.05) is 5.43 Å². The van der Waals surface area contributed by atoms with Crippen molar-refractivity contribution in [2.45, 2.75) is 25.9 Å². The van der Waals surface area contributed by atoms with Crippen molar-refractivity contribution < 1.29 is 14.0 Å². The molecule has 2 heterocycles. The summed E-state index contributed by atoms with van der Waals surface area (Å²) in [6.45, 7) is 3.82. The van der Waals surface area contributed by atoms with E-state index in [1.54, 1.807) is 12.1 Å². The van der Waals surface area contributed by atoms with E-state index in [-0.39, 0.29) is 17.7 Å². The van der Waals surface area contributed by atoms with Gasteiger partial charge in [-0.2, -0.15) is 0 Å². The Morgan fingerprint density at radius 2 is 2.32 bits per heavy atom. The molecule has 19 heavy (non-hydrogen) atoms. The Labute approximate surface area is 111 Å². The van der Waals surface area contributed by atoms with Crippen LogP contribution in [0, 0.1) is 0 Å². The van der Waals surface area contributed by atoms with Crippen molar-refractivity contribution in [3.63, 3.8) is 0 Å². The maximum absolute atomic E-state index is 11.2. The van der Waals surface area contributed by atoms with Crippen LogP contribution in [0.5, 0.6) is 0 Å². The SMILES string of the molecule is CC(=O)NC1CCN(Cc2ccc(C(=O)NN)o2)C1. The number of hydrazine groups is 1. The number of likely N-dealkylation sites (tertiary alicyclic amines) is 1. The largest absolute Gasteiger partial charge is 0.455 e. The second kappa shape index (κ2) is 5.85. The van der Waals surface area contributed by atoms with Crippen molar-refractivity contribution in [3.05, 3.63) is 23.7 Å². The first-order valence-corrected chi connectivity index (χ1v) is 6.17. The minimum atomic E-state index is -0.441. The van der Waals surface area contributed by atoms with Crippen molar-refractivity contribution in [2.75, 3.05) is 13.1 Å². The first-order chi connectivity index (χ1) is 9.08. The molecular formula is C12H18N4O3. The van der Waals surface area contributed by atoms with Crippen LogP contribution in [0.2, 0.25) is 0 Å². The molecule has 0 aromatic carbocycles. The number of rotatable bonds is 4. The fraction of sp³-hybridized carbons (Fsp3) is 0.500. The van der Waals surface area contributed by atoms with E-state index < -0.39 is 5.91 Å². The van der Waals surface area contributed by atoms with E-state index in [9.17, 15) is 9.59 Å². The average Bonchev–Trinajstić information content (AvgIpc) is 2.98. The molecule has 0 bridgehead atoms. The Morgan fingerprint density at radius 1 is 1.53 bits per heavy atom. The van der Waals surface area contributed by atoms with Crippen molar-refractivity contribution >= 4 is 11.8 Å². The van der Waals surface area contributed by atoms with Gasteiger partial charge in [-0.25, -0.2) is 5.84 Å². The van der Waals surface area contributed by atoms with Crippen LogP contribution < -0.4 is 16.6 Å². The Hall–Kier alpha value is -1.86. The summed E-state index contributed by atoms with van der Waals surface area (Å²) < 4.78 is 5.39. The molecular weight excluding hydrogens is 248 g/mol. The monoisotopic (exact) mass is 266 g/mol. The molecule has 1 aromatic rings. The smallest absolute Gasteiger partial charge is 0.300 e. The number of furan rings is 1. The zero-order chi connectivity index (χ0) is 13.8. The number of carbonyl (C=O) groups excluding carboxylic acids is 2. The maximum Gasteiger partial charge on any atom is 0.300 e. The number of carbonyl (C=O) groups is 2. The molecule has 0 aliphatic carbocycles. The van der Waals surface area contributed by atoms with Crippen LogP contribution in [-0.4, -0.2) is 35.8 Å². The van der Waals surface area contributed by atoms with Gasteiger partial charge in [-0.3, -0.25) is 19.9 Å². The Bertz CT molecular complexity index is 471. The molecule has 1 aromatic heterocycles. The minimum absolute atomic E-state index is 0.00764. The molecule has 7 nitrogen and oxygen atoms in total. The quantitative estimate of drug-likeness (QED) is 0.391. The van der Waals surface area contributed by atoms with Gasteiger partial charge in [0.25, 0.3) is 0 Å². The highest BCUT2D eigenvalue weighted by molar-refractivity contribution is 5.90. The van der Waals surface area contributed by atoms with Crippen molar-refractivity contribution in [3.8, 4) is 0 Å². The van der Waals surface area contributed by atoms with Crippen LogP contribution in [0.3, 0.4) is 0 Å². The van der Waals surface area contributed by atoms with Gasteiger partial charge in [0.05, 0.1) is 6.54 Å². The molecule has 1 fully saturated rings. The van der Waals surface area contributed by atoms with Crippen LogP contribution >= 0.6 is 0 Å². The van der Waals surface area contributed by atoms with Crippen LogP contribution in [0.25, 0.3) is 0 Å². The van der Waals surface area contributed by atoms with E-state index in [0.717, 1.165) is 19.5 Å². The lowest BCUT2D eigenvalue weighted by molar-refractivity contribution is -0.119. The van der Waals surface area contributed by atoms with Crippen LogP contribution in [-0.2, 0) is 11.3 Å². The maximum atomic E-state index is 11.2. The molecule has 1 unspecified atom stereocenters. The zero-order valence-corrected chi connectivity index (χ0v) is 10.8.